The molecule has 6 heteroatoms. The van der Waals surface area contributed by atoms with E-state index in [2.05, 4.69) is 15.3 Å². The van der Waals surface area contributed by atoms with Gasteiger partial charge in [0.25, 0.3) is 0 Å². The van der Waals surface area contributed by atoms with Gasteiger partial charge in [0.1, 0.15) is 17.6 Å². The van der Waals surface area contributed by atoms with Gasteiger partial charge in [-0.15, -0.1) is 10.2 Å². The number of nitrogens with zero attached hydrogens (tertiary/aromatic N) is 4. The van der Waals surface area contributed by atoms with Crippen LogP contribution in [0.2, 0.25) is 0 Å². The first-order valence-corrected chi connectivity index (χ1v) is 5.41. The van der Waals surface area contributed by atoms with Crippen molar-refractivity contribution in [3.63, 3.8) is 0 Å². The molecule has 16 heavy (non-hydrogen) atoms. The minimum atomic E-state index is 0.642. The molecule has 0 fully saturated rings. The van der Waals surface area contributed by atoms with Crippen molar-refractivity contribution in [3.8, 4) is 10.6 Å². The Hall–Kier alpha value is -2.08. The predicted molar refractivity (Wildman–Crippen MR) is 59.5 cm³/mol. The van der Waals surface area contributed by atoms with Crippen LogP contribution < -0.4 is 0 Å². The highest BCUT2D eigenvalue weighted by molar-refractivity contribution is 7.19. The molecule has 0 atom stereocenters. The minimum absolute atomic E-state index is 0.642. The van der Waals surface area contributed by atoms with Crippen LogP contribution in [0.3, 0.4) is 0 Å². The van der Waals surface area contributed by atoms with Crippen molar-refractivity contribution < 1.29 is 4.79 Å². The SMILES string of the molecule is O=Cc1cccc(-c2nn3cnnc3s2)c1. The quantitative estimate of drug-likeness (QED) is 0.628. The average molecular weight is 230 g/mol. The third-order valence-electron chi connectivity index (χ3n) is 2.16. The van der Waals surface area contributed by atoms with Crippen molar-refractivity contribution in [2.75, 3.05) is 0 Å². The van der Waals surface area contributed by atoms with Crippen LogP contribution in [0.5, 0.6) is 0 Å². The molecule has 0 bridgehead atoms. The molecule has 0 saturated heterocycles. The zero-order chi connectivity index (χ0) is 11.0. The smallest absolute Gasteiger partial charge is 0.234 e. The first-order valence-electron chi connectivity index (χ1n) is 4.59. The Bertz CT molecular complexity index is 629. The number of hydrogen-bond acceptors (Lipinski definition) is 5. The second kappa shape index (κ2) is 3.49. The molecule has 78 valence electrons. The number of aldehydes is 1. The van der Waals surface area contributed by atoms with Crippen LogP contribution in [0.1, 0.15) is 10.4 Å². The standard InChI is InChI=1S/C10H6N4OS/c15-5-7-2-1-3-8(4-7)9-13-14-6-11-12-10(14)16-9/h1-6H. The molecule has 0 N–H and O–H groups in total. The Balaban J connectivity index is 2.14. The zero-order valence-electron chi connectivity index (χ0n) is 8.07. The Morgan fingerprint density at radius 3 is 3.12 bits per heavy atom. The first kappa shape index (κ1) is 9.17. The summed E-state index contributed by atoms with van der Waals surface area (Å²) in [6, 6.07) is 7.32. The summed E-state index contributed by atoms with van der Waals surface area (Å²) in [6.07, 6.45) is 2.38. The van der Waals surface area contributed by atoms with Crippen molar-refractivity contribution >= 4 is 22.6 Å². The van der Waals surface area contributed by atoms with Gasteiger partial charge < -0.3 is 0 Å². The van der Waals surface area contributed by atoms with E-state index in [9.17, 15) is 4.79 Å². The average Bonchev–Trinajstić information content (AvgIpc) is 2.89. The summed E-state index contributed by atoms with van der Waals surface area (Å²) < 4.78 is 1.62. The summed E-state index contributed by atoms with van der Waals surface area (Å²) in [5.74, 6) is 0. The molecule has 3 rings (SSSR count). The molecule has 5 nitrogen and oxygen atoms in total. The molecule has 3 aromatic rings. The highest BCUT2D eigenvalue weighted by Gasteiger charge is 2.07. The predicted octanol–water partition coefficient (Wildman–Crippen LogP) is 1.67. The molecular formula is C10H6N4OS. The van der Waals surface area contributed by atoms with Gasteiger partial charge in [0.2, 0.25) is 4.96 Å². The highest BCUT2D eigenvalue weighted by atomic mass is 32.1. The second-order valence-electron chi connectivity index (χ2n) is 3.21. The Morgan fingerprint density at radius 1 is 1.38 bits per heavy atom. The van der Waals surface area contributed by atoms with Gasteiger partial charge in [0.15, 0.2) is 0 Å². The lowest BCUT2D eigenvalue weighted by Crippen LogP contribution is -1.84. The molecular weight excluding hydrogens is 224 g/mol. The molecule has 0 aliphatic heterocycles. The van der Waals surface area contributed by atoms with Crippen LogP contribution in [-0.2, 0) is 0 Å². The molecule has 0 saturated carbocycles. The van der Waals surface area contributed by atoms with E-state index >= 15 is 0 Å². The van der Waals surface area contributed by atoms with E-state index in [1.165, 1.54) is 11.3 Å². The summed E-state index contributed by atoms with van der Waals surface area (Å²) in [6.45, 7) is 0. The molecule has 0 aliphatic rings. The van der Waals surface area contributed by atoms with E-state index in [1.807, 2.05) is 12.1 Å². The van der Waals surface area contributed by atoms with Crippen LogP contribution in [0.25, 0.3) is 15.5 Å². The number of rotatable bonds is 2. The minimum Gasteiger partial charge on any atom is -0.298 e. The summed E-state index contributed by atoms with van der Waals surface area (Å²) in [5, 5.41) is 12.8. The number of carbonyl (C=O) groups excluding carboxylic acids is 1. The van der Waals surface area contributed by atoms with Crippen molar-refractivity contribution in [2.24, 2.45) is 0 Å². The molecule has 2 aromatic heterocycles. The summed E-state index contributed by atoms with van der Waals surface area (Å²) >= 11 is 1.44. The lowest BCUT2D eigenvalue weighted by atomic mass is 10.1. The number of fused-ring (bicyclic) bond motifs is 1. The third kappa shape index (κ3) is 1.40. The van der Waals surface area contributed by atoms with E-state index in [4.69, 9.17) is 0 Å². The third-order valence-corrected chi connectivity index (χ3v) is 3.12. The topological polar surface area (TPSA) is 60.2 Å². The molecule has 0 spiro atoms. The van der Waals surface area contributed by atoms with Gasteiger partial charge >= 0.3 is 0 Å². The number of hydrogen-bond donors (Lipinski definition) is 0. The first-order chi connectivity index (χ1) is 7.86. The van der Waals surface area contributed by atoms with Crippen molar-refractivity contribution in [1.29, 1.82) is 0 Å². The Morgan fingerprint density at radius 2 is 2.31 bits per heavy atom. The van der Waals surface area contributed by atoms with Crippen LogP contribution in [0.15, 0.2) is 30.6 Å². The Labute approximate surface area is 94.4 Å². The maximum atomic E-state index is 10.7. The summed E-state index contributed by atoms with van der Waals surface area (Å²) in [7, 11) is 0. The van der Waals surface area contributed by atoms with Gasteiger partial charge in [-0.2, -0.15) is 9.61 Å². The lowest BCUT2D eigenvalue weighted by molar-refractivity contribution is 0.112. The molecule has 0 radical (unpaired) electrons. The van der Waals surface area contributed by atoms with Gasteiger partial charge in [-0.3, -0.25) is 4.79 Å². The fourth-order valence-electron chi connectivity index (χ4n) is 1.42. The Kier molecular flexibility index (Phi) is 2.00. The van der Waals surface area contributed by atoms with Gasteiger partial charge in [0.05, 0.1) is 0 Å². The number of aromatic nitrogens is 4. The molecule has 0 amide bonds. The van der Waals surface area contributed by atoms with Crippen molar-refractivity contribution in [2.45, 2.75) is 0 Å². The van der Waals surface area contributed by atoms with Gasteiger partial charge in [0, 0.05) is 11.1 Å². The maximum absolute atomic E-state index is 10.7. The van der Waals surface area contributed by atoms with E-state index < -0.39 is 0 Å². The van der Waals surface area contributed by atoms with E-state index in [0.717, 1.165) is 21.8 Å². The van der Waals surface area contributed by atoms with Gasteiger partial charge in [-0.05, 0) is 6.07 Å². The summed E-state index contributed by atoms with van der Waals surface area (Å²) in [5.41, 5.74) is 1.56. The van der Waals surface area contributed by atoms with E-state index in [-0.39, 0.29) is 0 Å². The fraction of sp³-hybridized carbons (Fsp3) is 0. The molecule has 0 aliphatic carbocycles. The van der Waals surface area contributed by atoms with Gasteiger partial charge in [-0.25, -0.2) is 0 Å². The van der Waals surface area contributed by atoms with Crippen LogP contribution >= 0.6 is 11.3 Å². The van der Waals surface area contributed by atoms with Crippen molar-refractivity contribution in [1.82, 2.24) is 19.8 Å². The monoisotopic (exact) mass is 230 g/mol. The number of benzene rings is 1. The maximum Gasteiger partial charge on any atom is 0.234 e. The zero-order valence-corrected chi connectivity index (χ0v) is 8.89. The number of carbonyl (C=O) groups is 1. The van der Waals surface area contributed by atoms with Crippen molar-refractivity contribution in [3.05, 3.63) is 36.2 Å². The summed E-state index contributed by atoms with van der Waals surface area (Å²) in [4.78, 5) is 11.4. The lowest BCUT2D eigenvalue weighted by Gasteiger charge is -1.95. The molecule has 0 unspecified atom stereocenters. The second-order valence-corrected chi connectivity index (χ2v) is 4.16. The normalized spacial score (nSPS) is 10.8. The van der Waals surface area contributed by atoms with Gasteiger partial charge in [-0.1, -0.05) is 29.5 Å². The highest BCUT2D eigenvalue weighted by Crippen LogP contribution is 2.24. The molecule has 2 heterocycles. The van der Waals surface area contributed by atoms with E-state index in [0.29, 0.717) is 5.56 Å². The van der Waals surface area contributed by atoms with Crippen LogP contribution in [0.4, 0.5) is 0 Å². The van der Waals surface area contributed by atoms with Crippen LogP contribution in [0, 0.1) is 0 Å². The fourth-order valence-corrected chi connectivity index (χ4v) is 2.24. The molecule has 1 aromatic carbocycles. The van der Waals surface area contributed by atoms with Crippen LogP contribution in [-0.4, -0.2) is 26.1 Å². The largest absolute Gasteiger partial charge is 0.298 e. The van der Waals surface area contributed by atoms with E-state index in [1.54, 1.807) is 23.0 Å².